The summed E-state index contributed by atoms with van der Waals surface area (Å²) in [6.45, 7) is 1.86. The van der Waals surface area contributed by atoms with E-state index in [4.69, 9.17) is 28.3 Å². The van der Waals surface area contributed by atoms with Crippen LogP contribution >= 0.6 is 23.2 Å². The molecule has 0 heterocycles. The van der Waals surface area contributed by atoms with Gasteiger partial charge in [0.1, 0.15) is 6.04 Å². The van der Waals surface area contributed by atoms with Crippen molar-refractivity contribution in [2.75, 3.05) is 0 Å². The number of amides is 1. The van der Waals surface area contributed by atoms with Crippen molar-refractivity contribution in [3.63, 3.8) is 0 Å². The highest BCUT2D eigenvalue weighted by Gasteiger charge is 2.19. The van der Waals surface area contributed by atoms with Gasteiger partial charge in [-0.1, -0.05) is 42.6 Å². The first kappa shape index (κ1) is 15.8. The third-order valence-electron chi connectivity index (χ3n) is 2.58. The van der Waals surface area contributed by atoms with Crippen LogP contribution in [0.2, 0.25) is 10.0 Å². The Bertz CT molecular complexity index is 477. The van der Waals surface area contributed by atoms with Crippen LogP contribution < -0.4 is 5.32 Å². The molecule has 2 N–H and O–H groups in total. The zero-order valence-corrected chi connectivity index (χ0v) is 12.0. The van der Waals surface area contributed by atoms with Crippen LogP contribution in [-0.4, -0.2) is 23.0 Å². The predicted molar refractivity (Wildman–Crippen MR) is 74.6 cm³/mol. The third kappa shape index (κ3) is 5.09. The zero-order chi connectivity index (χ0) is 14.4. The maximum atomic E-state index is 11.8. The van der Waals surface area contributed by atoms with Gasteiger partial charge in [-0.05, 0) is 24.1 Å². The van der Waals surface area contributed by atoms with E-state index in [-0.39, 0.29) is 12.3 Å². The molecule has 0 bridgehead atoms. The number of hydrogen-bond acceptors (Lipinski definition) is 2. The summed E-state index contributed by atoms with van der Waals surface area (Å²) in [5.74, 6) is -1.40. The molecule has 1 aromatic carbocycles. The number of halogens is 2. The fraction of sp³-hybridized carbons (Fsp3) is 0.385. The Morgan fingerprint density at radius 1 is 1.37 bits per heavy atom. The number of nitrogens with one attached hydrogen (secondary N) is 1. The standard InChI is InChI=1S/C13H15Cl2NO3/c1-2-3-11(13(18)19)16-12(17)6-8-4-5-9(14)7-10(8)15/h4-5,7,11H,2-3,6H2,1H3,(H,16,17)(H,18,19)/t11-/m1/s1. The molecule has 0 aliphatic carbocycles. The van der Waals surface area contributed by atoms with Crippen molar-refractivity contribution in [2.45, 2.75) is 32.2 Å². The van der Waals surface area contributed by atoms with Crippen LogP contribution in [-0.2, 0) is 16.0 Å². The Hall–Kier alpha value is -1.26. The number of carboxylic acid groups (broad SMARTS) is 1. The molecule has 1 atom stereocenters. The lowest BCUT2D eigenvalue weighted by Crippen LogP contribution is -2.41. The average molecular weight is 304 g/mol. The average Bonchev–Trinajstić information content (AvgIpc) is 2.32. The molecule has 0 spiro atoms. The molecular weight excluding hydrogens is 289 g/mol. The Morgan fingerprint density at radius 2 is 2.05 bits per heavy atom. The van der Waals surface area contributed by atoms with Crippen molar-refractivity contribution in [3.8, 4) is 0 Å². The molecule has 104 valence electrons. The minimum atomic E-state index is -1.03. The highest BCUT2D eigenvalue weighted by atomic mass is 35.5. The van der Waals surface area contributed by atoms with Crippen molar-refractivity contribution in [2.24, 2.45) is 0 Å². The van der Waals surface area contributed by atoms with E-state index in [9.17, 15) is 9.59 Å². The van der Waals surface area contributed by atoms with Crippen molar-refractivity contribution in [3.05, 3.63) is 33.8 Å². The van der Waals surface area contributed by atoms with Gasteiger partial charge in [0.05, 0.1) is 6.42 Å². The molecule has 4 nitrogen and oxygen atoms in total. The Labute approximate surface area is 121 Å². The van der Waals surface area contributed by atoms with Crippen molar-refractivity contribution < 1.29 is 14.7 Å². The Morgan fingerprint density at radius 3 is 2.58 bits per heavy atom. The number of carbonyl (C=O) groups is 2. The van der Waals surface area contributed by atoms with Crippen LogP contribution in [0.1, 0.15) is 25.3 Å². The van der Waals surface area contributed by atoms with Gasteiger partial charge in [0, 0.05) is 10.0 Å². The largest absolute Gasteiger partial charge is 0.480 e. The Kier molecular flexibility index (Phi) is 6.12. The van der Waals surface area contributed by atoms with Crippen molar-refractivity contribution in [1.82, 2.24) is 5.32 Å². The normalized spacial score (nSPS) is 11.9. The number of aliphatic carboxylic acids is 1. The molecule has 0 aliphatic rings. The van der Waals surface area contributed by atoms with E-state index >= 15 is 0 Å². The first-order valence-electron chi connectivity index (χ1n) is 5.90. The smallest absolute Gasteiger partial charge is 0.326 e. The summed E-state index contributed by atoms with van der Waals surface area (Å²) in [6.07, 6.45) is 1.11. The summed E-state index contributed by atoms with van der Waals surface area (Å²) >= 11 is 11.7. The molecule has 0 radical (unpaired) electrons. The van der Waals surface area contributed by atoms with Gasteiger partial charge in [-0.3, -0.25) is 4.79 Å². The molecule has 1 amide bonds. The minimum Gasteiger partial charge on any atom is -0.480 e. The van der Waals surface area contributed by atoms with E-state index in [1.165, 1.54) is 0 Å². The summed E-state index contributed by atoms with van der Waals surface area (Å²) in [7, 11) is 0. The zero-order valence-electron chi connectivity index (χ0n) is 10.5. The van der Waals surface area contributed by atoms with E-state index in [0.29, 0.717) is 28.5 Å². The van der Waals surface area contributed by atoms with Crippen LogP contribution in [0.15, 0.2) is 18.2 Å². The fourth-order valence-corrected chi connectivity index (χ4v) is 2.10. The lowest BCUT2D eigenvalue weighted by Gasteiger charge is -2.13. The van der Waals surface area contributed by atoms with Crippen LogP contribution in [0, 0.1) is 0 Å². The predicted octanol–water partition coefficient (Wildman–Crippen LogP) is 2.91. The molecule has 6 heteroatoms. The molecule has 1 aromatic rings. The Balaban J connectivity index is 2.66. The molecule has 0 saturated carbocycles. The van der Waals surface area contributed by atoms with Gasteiger partial charge in [0.2, 0.25) is 5.91 Å². The van der Waals surface area contributed by atoms with Gasteiger partial charge in [0.15, 0.2) is 0 Å². The second-order valence-corrected chi connectivity index (χ2v) is 5.00. The molecule has 0 saturated heterocycles. The second kappa shape index (κ2) is 7.36. The number of hydrogen-bond donors (Lipinski definition) is 2. The maximum absolute atomic E-state index is 11.8. The first-order valence-corrected chi connectivity index (χ1v) is 6.65. The molecular formula is C13H15Cl2NO3. The maximum Gasteiger partial charge on any atom is 0.326 e. The van der Waals surface area contributed by atoms with Gasteiger partial charge >= 0.3 is 5.97 Å². The minimum absolute atomic E-state index is 0.0312. The molecule has 1 rings (SSSR count). The summed E-state index contributed by atoms with van der Waals surface area (Å²) < 4.78 is 0. The highest BCUT2D eigenvalue weighted by Crippen LogP contribution is 2.21. The lowest BCUT2D eigenvalue weighted by atomic mass is 10.1. The van der Waals surface area contributed by atoms with Crippen LogP contribution in [0.4, 0.5) is 0 Å². The molecule has 0 fully saturated rings. The summed E-state index contributed by atoms with van der Waals surface area (Å²) in [4.78, 5) is 22.7. The number of benzene rings is 1. The van der Waals surface area contributed by atoms with E-state index in [2.05, 4.69) is 5.32 Å². The van der Waals surface area contributed by atoms with E-state index < -0.39 is 12.0 Å². The third-order valence-corrected chi connectivity index (χ3v) is 3.16. The fourth-order valence-electron chi connectivity index (χ4n) is 1.63. The van der Waals surface area contributed by atoms with Gasteiger partial charge in [0.25, 0.3) is 0 Å². The van der Waals surface area contributed by atoms with Gasteiger partial charge < -0.3 is 10.4 Å². The molecule has 0 aliphatic heterocycles. The molecule has 19 heavy (non-hydrogen) atoms. The molecule has 0 unspecified atom stereocenters. The lowest BCUT2D eigenvalue weighted by molar-refractivity contribution is -0.141. The van der Waals surface area contributed by atoms with Crippen molar-refractivity contribution in [1.29, 1.82) is 0 Å². The topological polar surface area (TPSA) is 66.4 Å². The molecule has 0 aromatic heterocycles. The number of carboxylic acids is 1. The van der Waals surface area contributed by atoms with Gasteiger partial charge in [-0.25, -0.2) is 4.79 Å². The van der Waals surface area contributed by atoms with E-state index in [0.717, 1.165) is 0 Å². The van der Waals surface area contributed by atoms with Gasteiger partial charge in [-0.2, -0.15) is 0 Å². The van der Waals surface area contributed by atoms with E-state index in [1.54, 1.807) is 18.2 Å². The SMILES string of the molecule is CCC[C@@H](NC(=O)Cc1ccc(Cl)cc1Cl)C(=O)O. The summed E-state index contributed by atoms with van der Waals surface area (Å²) in [5.41, 5.74) is 0.615. The van der Waals surface area contributed by atoms with Crippen LogP contribution in [0.3, 0.4) is 0 Å². The monoisotopic (exact) mass is 303 g/mol. The van der Waals surface area contributed by atoms with E-state index in [1.807, 2.05) is 6.92 Å². The number of rotatable bonds is 6. The second-order valence-electron chi connectivity index (χ2n) is 4.16. The first-order chi connectivity index (χ1) is 8.93. The highest BCUT2D eigenvalue weighted by molar-refractivity contribution is 6.35. The van der Waals surface area contributed by atoms with Crippen LogP contribution in [0.25, 0.3) is 0 Å². The quantitative estimate of drug-likeness (QED) is 0.849. The van der Waals surface area contributed by atoms with Crippen molar-refractivity contribution >= 4 is 35.1 Å². The summed E-state index contributed by atoms with van der Waals surface area (Å²) in [6, 6.07) is 3.98. The summed E-state index contributed by atoms with van der Waals surface area (Å²) in [5, 5.41) is 12.3. The van der Waals surface area contributed by atoms with Gasteiger partial charge in [-0.15, -0.1) is 0 Å². The van der Waals surface area contributed by atoms with Crippen LogP contribution in [0.5, 0.6) is 0 Å². The number of carbonyl (C=O) groups excluding carboxylic acids is 1.